The molecule has 0 aromatic heterocycles. The number of nitrogens with one attached hydrogen (secondary N) is 3. The first-order valence-corrected chi connectivity index (χ1v) is 11.8. The number of alkyl carbamates (subject to hydrolysis) is 1. The molecule has 3 rings (SSSR count). The summed E-state index contributed by atoms with van der Waals surface area (Å²) in [4.78, 5) is 24.2. The van der Waals surface area contributed by atoms with E-state index >= 15 is 0 Å². The summed E-state index contributed by atoms with van der Waals surface area (Å²) >= 11 is 0. The lowest BCUT2D eigenvalue weighted by Gasteiger charge is -2.20. The molecule has 3 N–H and O–H groups in total. The topological polar surface area (TPSA) is 132 Å². The van der Waals surface area contributed by atoms with E-state index in [9.17, 15) is 18.0 Å². The molecule has 2 amide bonds. The summed E-state index contributed by atoms with van der Waals surface area (Å²) in [5.74, 6) is 0.630. The van der Waals surface area contributed by atoms with Crippen molar-refractivity contribution < 1.29 is 32.2 Å². The highest BCUT2D eigenvalue weighted by molar-refractivity contribution is 7.92. The Bertz CT molecular complexity index is 1100. The highest BCUT2D eigenvalue weighted by Crippen LogP contribution is 2.32. The maximum Gasteiger partial charge on any atom is 0.407 e. The van der Waals surface area contributed by atoms with Crippen LogP contribution in [0.4, 0.5) is 16.2 Å². The fourth-order valence-electron chi connectivity index (χ4n) is 3.16. The maximum atomic E-state index is 12.7. The van der Waals surface area contributed by atoms with Gasteiger partial charge in [0.25, 0.3) is 10.0 Å². The SMILES string of the molecule is COC(=O)NC(CC(C)C)C(=O)Nc1ccc(NS(=O)(=O)c2ccc3c(c2)OCCO3)cc1. The molecule has 0 radical (unpaired) electrons. The van der Waals surface area contributed by atoms with Gasteiger partial charge in [-0.2, -0.15) is 0 Å². The van der Waals surface area contributed by atoms with Crippen LogP contribution in [0.25, 0.3) is 0 Å². The molecule has 0 spiro atoms. The van der Waals surface area contributed by atoms with Gasteiger partial charge in [0.2, 0.25) is 5.91 Å². The van der Waals surface area contributed by atoms with Gasteiger partial charge < -0.3 is 24.8 Å². The van der Waals surface area contributed by atoms with Gasteiger partial charge in [-0.3, -0.25) is 9.52 Å². The van der Waals surface area contributed by atoms with Gasteiger partial charge in [-0.25, -0.2) is 13.2 Å². The number of methoxy groups -OCH3 is 1. The molecule has 1 aliphatic heterocycles. The number of rotatable bonds is 8. The minimum Gasteiger partial charge on any atom is -0.486 e. The van der Waals surface area contributed by atoms with Crippen LogP contribution >= 0.6 is 0 Å². The highest BCUT2D eigenvalue weighted by atomic mass is 32.2. The van der Waals surface area contributed by atoms with Crippen molar-refractivity contribution in [3.05, 3.63) is 42.5 Å². The number of anilines is 2. The van der Waals surface area contributed by atoms with E-state index in [2.05, 4.69) is 20.1 Å². The predicted octanol–water partition coefficient (Wildman–Crippen LogP) is 2.97. The first-order chi connectivity index (χ1) is 15.7. The van der Waals surface area contributed by atoms with E-state index in [1.54, 1.807) is 18.2 Å². The molecular weight excluding hydrogens is 450 g/mol. The second-order valence-corrected chi connectivity index (χ2v) is 9.48. The Morgan fingerprint density at radius 3 is 2.27 bits per heavy atom. The van der Waals surface area contributed by atoms with Crippen LogP contribution < -0.4 is 24.8 Å². The molecule has 1 atom stereocenters. The molecule has 1 aliphatic rings. The Labute approximate surface area is 192 Å². The third-order valence-corrected chi connectivity index (χ3v) is 6.11. The van der Waals surface area contributed by atoms with Crippen LogP contribution in [0, 0.1) is 5.92 Å². The first kappa shape index (κ1) is 24.2. The summed E-state index contributed by atoms with van der Waals surface area (Å²) in [6.45, 7) is 4.63. The van der Waals surface area contributed by atoms with Gasteiger partial charge in [0.15, 0.2) is 11.5 Å². The second-order valence-electron chi connectivity index (χ2n) is 7.80. The number of hydrogen-bond acceptors (Lipinski definition) is 7. The molecule has 0 saturated heterocycles. The van der Waals surface area contributed by atoms with Crippen LogP contribution in [-0.2, 0) is 19.6 Å². The lowest BCUT2D eigenvalue weighted by atomic mass is 10.0. The molecule has 0 fully saturated rings. The van der Waals surface area contributed by atoms with Crippen molar-refractivity contribution in [3.63, 3.8) is 0 Å². The number of carbonyl (C=O) groups is 2. The normalized spacial score (nSPS) is 13.7. The summed E-state index contributed by atoms with van der Waals surface area (Å²) in [6, 6.07) is 9.80. The van der Waals surface area contributed by atoms with E-state index in [1.165, 1.54) is 31.4 Å². The molecule has 0 saturated carbocycles. The monoisotopic (exact) mass is 477 g/mol. The van der Waals surface area contributed by atoms with Crippen molar-refractivity contribution in [1.29, 1.82) is 0 Å². The fourth-order valence-corrected chi connectivity index (χ4v) is 4.23. The van der Waals surface area contributed by atoms with E-state index in [1.807, 2.05) is 13.8 Å². The molecule has 2 aromatic carbocycles. The van der Waals surface area contributed by atoms with Crippen LogP contribution in [0.1, 0.15) is 20.3 Å². The Hall–Kier alpha value is -3.47. The molecule has 2 aromatic rings. The third kappa shape index (κ3) is 6.51. The lowest BCUT2D eigenvalue weighted by Crippen LogP contribution is -2.44. The Morgan fingerprint density at radius 2 is 1.64 bits per heavy atom. The van der Waals surface area contributed by atoms with Crippen molar-refractivity contribution in [1.82, 2.24) is 5.32 Å². The summed E-state index contributed by atoms with van der Waals surface area (Å²) in [5, 5.41) is 5.23. The quantitative estimate of drug-likeness (QED) is 0.532. The molecule has 178 valence electrons. The average Bonchev–Trinajstić information content (AvgIpc) is 2.79. The zero-order valence-corrected chi connectivity index (χ0v) is 19.4. The average molecular weight is 478 g/mol. The largest absolute Gasteiger partial charge is 0.486 e. The summed E-state index contributed by atoms with van der Waals surface area (Å²) in [6.07, 6.45) is -0.270. The summed E-state index contributed by atoms with van der Waals surface area (Å²) < 4.78 is 43.4. The van der Waals surface area contributed by atoms with Crippen molar-refractivity contribution in [2.75, 3.05) is 30.4 Å². The Morgan fingerprint density at radius 1 is 1.00 bits per heavy atom. The van der Waals surface area contributed by atoms with E-state index in [0.29, 0.717) is 42.5 Å². The second kappa shape index (κ2) is 10.4. The van der Waals surface area contributed by atoms with Crippen molar-refractivity contribution in [3.8, 4) is 11.5 Å². The molecule has 10 nitrogen and oxygen atoms in total. The minimum absolute atomic E-state index is 0.0366. The molecule has 0 bridgehead atoms. The van der Waals surface area contributed by atoms with Crippen molar-refractivity contribution in [2.24, 2.45) is 5.92 Å². The van der Waals surface area contributed by atoms with Crippen LogP contribution in [0.15, 0.2) is 47.4 Å². The van der Waals surface area contributed by atoms with Crippen LogP contribution in [-0.4, -0.2) is 46.8 Å². The van der Waals surface area contributed by atoms with Crippen molar-refractivity contribution in [2.45, 2.75) is 31.2 Å². The fraction of sp³-hybridized carbons (Fsp3) is 0.364. The molecule has 33 heavy (non-hydrogen) atoms. The number of fused-ring (bicyclic) bond motifs is 1. The number of ether oxygens (including phenoxy) is 3. The number of hydrogen-bond donors (Lipinski definition) is 3. The summed E-state index contributed by atoms with van der Waals surface area (Å²) in [5.41, 5.74) is 0.761. The van der Waals surface area contributed by atoms with Gasteiger partial charge in [0.05, 0.1) is 12.0 Å². The van der Waals surface area contributed by atoms with Crippen LogP contribution in [0.2, 0.25) is 0 Å². The van der Waals surface area contributed by atoms with Crippen LogP contribution in [0.3, 0.4) is 0 Å². The number of carbonyl (C=O) groups excluding carboxylic acids is 2. The standard InChI is InChI=1S/C22H27N3O7S/c1-14(2)12-18(24-22(27)30-3)21(26)23-15-4-6-16(7-5-15)25-33(28,29)17-8-9-19-20(13-17)32-11-10-31-19/h4-9,13-14,18,25H,10-12H2,1-3H3,(H,23,26)(H,24,27). The van der Waals surface area contributed by atoms with Gasteiger partial charge in [0, 0.05) is 17.4 Å². The minimum atomic E-state index is -3.86. The highest BCUT2D eigenvalue weighted by Gasteiger charge is 2.23. The lowest BCUT2D eigenvalue weighted by molar-refractivity contribution is -0.118. The van der Waals surface area contributed by atoms with Gasteiger partial charge in [-0.15, -0.1) is 0 Å². The number of sulfonamides is 1. The molecule has 1 unspecified atom stereocenters. The van der Waals surface area contributed by atoms with Gasteiger partial charge >= 0.3 is 6.09 Å². The molecule has 1 heterocycles. The van der Waals surface area contributed by atoms with Crippen LogP contribution in [0.5, 0.6) is 11.5 Å². The Kier molecular flexibility index (Phi) is 7.64. The molecular formula is C22H27N3O7S. The summed E-state index contributed by atoms with van der Waals surface area (Å²) in [7, 11) is -2.63. The van der Waals surface area contributed by atoms with Crippen molar-refractivity contribution >= 4 is 33.4 Å². The zero-order chi connectivity index (χ0) is 24.0. The van der Waals surface area contributed by atoms with E-state index < -0.39 is 28.1 Å². The third-order valence-electron chi connectivity index (χ3n) is 4.73. The Balaban J connectivity index is 1.66. The van der Waals surface area contributed by atoms with E-state index in [-0.39, 0.29) is 10.8 Å². The molecule has 11 heteroatoms. The first-order valence-electron chi connectivity index (χ1n) is 10.4. The number of amides is 2. The maximum absolute atomic E-state index is 12.7. The number of benzene rings is 2. The molecule has 0 aliphatic carbocycles. The van der Waals surface area contributed by atoms with Gasteiger partial charge in [-0.05, 0) is 48.7 Å². The smallest absolute Gasteiger partial charge is 0.407 e. The van der Waals surface area contributed by atoms with Gasteiger partial charge in [-0.1, -0.05) is 13.8 Å². The van der Waals surface area contributed by atoms with E-state index in [4.69, 9.17) is 9.47 Å². The van der Waals surface area contributed by atoms with Gasteiger partial charge in [0.1, 0.15) is 19.3 Å². The predicted molar refractivity (Wildman–Crippen MR) is 122 cm³/mol. The van der Waals surface area contributed by atoms with E-state index in [0.717, 1.165) is 0 Å². The zero-order valence-electron chi connectivity index (χ0n) is 18.6.